The fourth-order valence-electron chi connectivity index (χ4n) is 3.65. The fraction of sp³-hybridized carbons (Fsp3) is 0.333. The lowest BCUT2D eigenvalue weighted by molar-refractivity contribution is -0.115. The number of nitrogens with one attached hydrogen (secondary N) is 1. The number of carbonyl (C=O) groups excluding carboxylic acids is 1. The molecule has 1 N–H and O–H groups in total. The van der Waals surface area contributed by atoms with Gasteiger partial charge in [0, 0.05) is 5.02 Å². The number of carbonyl (C=O) groups is 1. The van der Waals surface area contributed by atoms with Gasteiger partial charge in [0.05, 0.1) is 18.1 Å². The Labute approximate surface area is 191 Å². The molecular formula is C24H25ClN2O3S. The van der Waals surface area contributed by atoms with Gasteiger partial charge < -0.3 is 14.8 Å². The van der Waals surface area contributed by atoms with Crippen LogP contribution >= 0.6 is 23.4 Å². The van der Waals surface area contributed by atoms with Crippen LogP contribution in [0.1, 0.15) is 43.2 Å². The van der Waals surface area contributed by atoms with Gasteiger partial charge in [-0.3, -0.25) is 9.79 Å². The number of hydrogen-bond acceptors (Lipinski definition) is 5. The highest BCUT2D eigenvalue weighted by atomic mass is 35.5. The first kappa shape index (κ1) is 21.8. The third-order valence-electron chi connectivity index (χ3n) is 5.32. The monoisotopic (exact) mass is 456 g/mol. The average molecular weight is 457 g/mol. The van der Waals surface area contributed by atoms with Crippen LogP contribution < -0.4 is 14.8 Å². The first-order valence-corrected chi connectivity index (χ1v) is 11.6. The number of ether oxygens (including phenoxy) is 2. The van der Waals surface area contributed by atoms with Gasteiger partial charge in [0.25, 0.3) is 5.91 Å². The Morgan fingerprint density at radius 2 is 1.90 bits per heavy atom. The van der Waals surface area contributed by atoms with E-state index in [2.05, 4.69) is 5.32 Å². The quantitative estimate of drug-likeness (QED) is 0.556. The second kappa shape index (κ2) is 10.2. The smallest absolute Gasteiger partial charge is 0.264 e. The standard InChI is InChI=1S/C24H25ClN2O3S/c1-29-21-13-17(9-12-20(21)30-15-16-7-10-18(25)11-8-16)14-22-23(28)27-24(31-22)26-19-5-3-2-4-6-19/h7-14,19H,2-6,15H2,1H3,(H,26,27,28)/b22-14-. The highest BCUT2D eigenvalue weighted by Gasteiger charge is 2.25. The third kappa shape index (κ3) is 5.83. The molecule has 1 aliphatic carbocycles. The zero-order chi connectivity index (χ0) is 21.6. The van der Waals surface area contributed by atoms with Crippen LogP contribution in [-0.2, 0) is 11.4 Å². The second-order valence-electron chi connectivity index (χ2n) is 7.62. The summed E-state index contributed by atoms with van der Waals surface area (Å²) in [5, 5.41) is 4.29. The first-order valence-electron chi connectivity index (χ1n) is 10.4. The van der Waals surface area contributed by atoms with Gasteiger partial charge in [0.2, 0.25) is 0 Å². The van der Waals surface area contributed by atoms with Crippen molar-refractivity contribution in [3.63, 3.8) is 0 Å². The average Bonchev–Trinajstić information content (AvgIpc) is 3.13. The van der Waals surface area contributed by atoms with Crippen molar-refractivity contribution in [1.82, 2.24) is 5.32 Å². The first-order chi connectivity index (χ1) is 15.1. The molecule has 2 aromatic rings. The molecule has 162 valence electrons. The zero-order valence-corrected chi connectivity index (χ0v) is 19.0. The Morgan fingerprint density at radius 3 is 2.65 bits per heavy atom. The van der Waals surface area contributed by atoms with Gasteiger partial charge in [-0.05, 0) is 66.1 Å². The molecule has 4 rings (SSSR count). The summed E-state index contributed by atoms with van der Waals surface area (Å²) in [7, 11) is 1.60. The molecule has 0 radical (unpaired) electrons. The molecule has 1 saturated carbocycles. The normalized spacial score (nSPS) is 19.6. The molecule has 2 aromatic carbocycles. The number of methoxy groups -OCH3 is 1. The Balaban J connectivity index is 1.44. The molecule has 0 unspecified atom stereocenters. The predicted octanol–water partition coefficient (Wildman–Crippen LogP) is 5.82. The maximum absolute atomic E-state index is 12.4. The van der Waals surface area contributed by atoms with Crippen molar-refractivity contribution in [3.05, 3.63) is 63.5 Å². The minimum absolute atomic E-state index is 0.110. The molecular weight excluding hydrogens is 432 g/mol. The summed E-state index contributed by atoms with van der Waals surface area (Å²) in [5.41, 5.74) is 1.88. The van der Waals surface area contributed by atoms with Crippen LogP contribution in [-0.4, -0.2) is 24.2 Å². The number of rotatable bonds is 6. The number of amides is 1. The van der Waals surface area contributed by atoms with Crippen molar-refractivity contribution in [2.75, 3.05) is 7.11 Å². The number of nitrogens with zero attached hydrogens (tertiary/aromatic N) is 1. The van der Waals surface area contributed by atoms with Gasteiger partial charge in [0.1, 0.15) is 6.61 Å². The van der Waals surface area contributed by atoms with E-state index in [1.807, 2.05) is 48.5 Å². The molecule has 1 aliphatic heterocycles. The van der Waals surface area contributed by atoms with Gasteiger partial charge in [-0.15, -0.1) is 0 Å². The van der Waals surface area contributed by atoms with E-state index >= 15 is 0 Å². The van der Waals surface area contributed by atoms with Crippen molar-refractivity contribution in [1.29, 1.82) is 0 Å². The summed E-state index contributed by atoms with van der Waals surface area (Å²) in [4.78, 5) is 17.8. The zero-order valence-electron chi connectivity index (χ0n) is 17.4. The van der Waals surface area contributed by atoms with Gasteiger partial charge in [-0.25, -0.2) is 0 Å². The highest BCUT2D eigenvalue weighted by Crippen LogP contribution is 2.33. The van der Waals surface area contributed by atoms with Crippen LogP contribution in [0.3, 0.4) is 0 Å². The van der Waals surface area contributed by atoms with Crippen molar-refractivity contribution >= 4 is 40.5 Å². The Bertz CT molecular complexity index is 998. The van der Waals surface area contributed by atoms with Crippen LogP contribution in [0.15, 0.2) is 52.4 Å². The Morgan fingerprint density at radius 1 is 1.13 bits per heavy atom. The van der Waals surface area contributed by atoms with Crippen LogP contribution in [0.25, 0.3) is 6.08 Å². The molecule has 2 fully saturated rings. The lowest BCUT2D eigenvalue weighted by Crippen LogP contribution is -2.22. The summed E-state index contributed by atoms with van der Waals surface area (Å²) in [6, 6.07) is 13.5. The number of aliphatic imine (C=N–C) groups is 1. The van der Waals surface area contributed by atoms with Crippen LogP contribution in [0.2, 0.25) is 5.02 Å². The number of hydrogen-bond donors (Lipinski definition) is 1. The Kier molecular flexibility index (Phi) is 7.20. The van der Waals surface area contributed by atoms with Crippen LogP contribution in [0.4, 0.5) is 0 Å². The molecule has 1 amide bonds. The minimum Gasteiger partial charge on any atom is -0.493 e. The number of benzene rings is 2. The maximum Gasteiger partial charge on any atom is 0.264 e. The van der Waals surface area contributed by atoms with Crippen molar-refractivity contribution in [2.24, 2.45) is 4.99 Å². The number of thioether (sulfide) groups is 1. The lowest BCUT2D eigenvalue weighted by atomic mass is 9.96. The van der Waals surface area contributed by atoms with Gasteiger partial charge in [0.15, 0.2) is 16.7 Å². The summed E-state index contributed by atoms with van der Waals surface area (Å²) < 4.78 is 11.4. The minimum atomic E-state index is -0.110. The molecule has 1 heterocycles. The predicted molar refractivity (Wildman–Crippen MR) is 127 cm³/mol. The van der Waals surface area contributed by atoms with E-state index in [0.717, 1.165) is 24.0 Å². The summed E-state index contributed by atoms with van der Waals surface area (Å²) in [6.07, 6.45) is 7.79. The molecule has 31 heavy (non-hydrogen) atoms. The number of amidine groups is 1. The van der Waals surface area contributed by atoms with Crippen molar-refractivity contribution in [2.45, 2.75) is 44.8 Å². The molecule has 5 nitrogen and oxygen atoms in total. The Hall–Kier alpha value is -2.44. The second-order valence-corrected chi connectivity index (χ2v) is 9.08. The molecule has 0 aromatic heterocycles. The molecule has 0 atom stereocenters. The molecule has 7 heteroatoms. The lowest BCUT2D eigenvalue weighted by Gasteiger charge is -2.17. The van der Waals surface area contributed by atoms with Gasteiger partial charge in [-0.2, -0.15) is 0 Å². The molecule has 2 aliphatic rings. The van der Waals surface area contributed by atoms with Crippen LogP contribution in [0.5, 0.6) is 11.5 Å². The van der Waals surface area contributed by atoms with Gasteiger partial charge in [-0.1, -0.05) is 49.1 Å². The third-order valence-corrected chi connectivity index (χ3v) is 6.49. The largest absolute Gasteiger partial charge is 0.493 e. The molecule has 1 saturated heterocycles. The van der Waals surface area contributed by atoms with Crippen LogP contribution in [0, 0.1) is 0 Å². The van der Waals surface area contributed by atoms with E-state index < -0.39 is 0 Å². The van der Waals surface area contributed by atoms with E-state index in [9.17, 15) is 4.79 Å². The SMILES string of the molecule is COc1cc(/C=C2\SC(=NC3CCCCC3)NC2=O)ccc1OCc1ccc(Cl)cc1. The van der Waals surface area contributed by atoms with Crippen molar-refractivity contribution < 1.29 is 14.3 Å². The summed E-state index contributed by atoms with van der Waals surface area (Å²) in [5.74, 6) is 1.15. The summed E-state index contributed by atoms with van der Waals surface area (Å²) in [6.45, 7) is 0.410. The van der Waals surface area contributed by atoms with E-state index in [0.29, 0.717) is 39.2 Å². The topological polar surface area (TPSA) is 59.9 Å². The van der Waals surface area contributed by atoms with E-state index in [1.54, 1.807) is 7.11 Å². The summed E-state index contributed by atoms with van der Waals surface area (Å²) >= 11 is 7.33. The number of halogens is 1. The maximum atomic E-state index is 12.4. The molecule has 0 spiro atoms. The molecule has 0 bridgehead atoms. The fourth-order valence-corrected chi connectivity index (χ4v) is 4.67. The highest BCUT2D eigenvalue weighted by molar-refractivity contribution is 8.18. The van der Waals surface area contributed by atoms with E-state index in [1.165, 1.54) is 31.0 Å². The van der Waals surface area contributed by atoms with E-state index in [-0.39, 0.29) is 5.91 Å². The van der Waals surface area contributed by atoms with E-state index in [4.69, 9.17) is 26.1 Å². The van der Waals surface area contributed by atoms with Crippen molar-refractivity contribution in [3.8, 4) is 11.5 Å². The van der Waals surface area contributed by atoms with Gasteiger partial charge >= 0.3 is 0 Å².